The minimum absolute atomic E-state index is 0.208. The van der Waals surface area contributed by atoms with Crippen molar-refractivity contribution < 1.29 is 12.6 Å². The van der Waals surface area contributed by atoms with E-state index in [0.717, 1.165) is 20.0 Å². The summed E-state index contributed by atoms with van der Waals surface area (Å²) in [6.45, 7) is 0.208. The molecule has 0 bridgehead atoms. The van der Waals surface area contributed by atoms with Gasteiger partial charge in [0.25, 0.3) is 0 Å². The number of rotatable bonds is 2. The minimum atomic E-state index is -4.03. The molecule has 2 aliphatic heterocycles. The number of benzene rings is 2. The molecule has 24 heavy (non-hydrogen) atoms. The maximum absolute atomic E-state index is 12.4. The van der Waals surface area contributed by atoms with Gasteiger partial charge in [-0.3, -0.25) is 0 Å². The molecule has 2 aliphatic rings. The quantitative estimate of drug-likeness (QED) is 0.764. The fraction of sp³-hybridized carbons (Fsp3) is 0.125. The van der Waals surface area contributed by atoms with Gasteiger partial charge in [0.05, 0.1) is 6.54 Å². The molecule has 2 heterocycles. The molecule has 2 aromatic carbocycles. The molecule has 2 aromatic rings. The summed E-state index contributed by atoms with van der Waals surface area (Å²) in [5.41, 5.74) is 0.666. The van der Waals surface area contributed by atoms with Gasteiger partial charge in [0.2, 0.25) is 0 Å². The summed E-state index contributed by atoms with van der Waals surface area (Å²) in [6, 6.07) is 14.8. The highest BCUT2D eigenvalue weighted by molar-refractivity contribution is 9.10. The van der Waals surface area contributed by atoms with Gasteiger partial charge < -0.3 is 4.18 Å². The SMILES string of the molecule is O=S1(=O)Oc2ccccc2C2(/C=C/c3ccc(Br)cc3)CN=NN21. The Hall–Kier alpha value is -2.19. The molecule has 1 unspecified atom stereocenters. The summed E-state index contributed by atoms with van der Waals surface area (Å²) in [6.07, 6.45) is 3.68. The highest BCUT2D eigenvalue weighted by Crippen LogP contribution is 2.46. The van der Waals surface area contributed by atoms with Crippen molar-refractivity contribution in [1.82, 2.24) is 4.41 Å². The third kappa shape index (κ3) is 2.33. The molecule has 0 spiro atoms. The molecule has 122 valence electrons. The molecule has 0 N–H and O–H groups in total. The zero-order valence-electron chi connectivity index (χ0n) is 12.3. The fourth-order valence-electron chi connectivity index (χ4n) is 2.83. The highest BCUT2D eigenvalue weighted by Gasteiger charge is 2.53. The second-order valence-corrected chi connectivity index (χ2v) is 7.76. The lowest BCUT2D eigenvalue weighted by molar-refractivity contribution is 0.244. The molecule has 0 aliphatic carbocycles. The standard InChI is InChI=1S/C16H12BrN3O3S/c17-13-7-5-12(6-8-13)9-10-16-11-18-19-20(16)24(21,22)23-15-4-2-1-3-14(15)16/h1-10H,11H2/b10-9+. The van der Waals surface area contributed by atoms with Crippen molar-refractivity contribution in [2.75, 3.05) is 6.54 Å². The molecule has 8 heteroatoms. The predicted molar refractivity (Wildman–Crippen MR) is 92.4 cm³/mol. The Balaban J connectivity index is 1.85. The Morgan fingerprint density at radius 3 is 2.71 bits per heavy atom. The van der Waals surface area contributed by atoms with Gasteiger partial charge in [0.15, 0.2) is 5.75 Å². The average Bonchev–Trinajstić information content (AvgIpc) is 3.01. The van der Waals surface area contributed by atoms with Crippen molar-refractivity contribution in [2.24, 2.45) is 10.3 Å². The molecule has 0 saturated heterocycles. The van der Waals surface area contributed by atoms with Crippen LogP contribution in [0.4, 0.5) is 0 Å². The molecule has 0 aromatic heterocycles. The van der Waals surface area contributed by atoms with Crippen LogP contribution < -0.4 is 4.18 Å². The Labute approximate surface area is 147 Å². The number of halogens is 1. The number of hydrogen-bond acceptors (Lipinski definition) is 5. The second-order valence-electron chi connectivity index (χ2n) is 5.48. The number of hydrogen-bond donors (Lipinski definition) is 0. The van der Waals surface area contributed by atoms with Crippen molar-refractivity contribution in [3.05, 3.63) is 70.2 Å². The van der Waals surface area contributed by atoms with Gasteiger partial charge in [-0.15, -0.1) is 4.41 Å². The molecular formula is C16H12BrN3O3S. The van der Waals surface area contributed by atoms with E-state index in [-0.39, 0.29) is 6.54 Å². The topological polar surface area (TPSA) is 71.3 Å². The van der Waals surface area contributed by atoms with Crippen LogP contribution in [-0.2, 0) is 15.8 Å². The molecule has 1 atom stereocenters. The summed E-state index contributed by atoms with van der Waals surface area (Å²) < 4.78 is 31.8. The molecular weight excluding hydrogens is 394 g/mol. The molecule has 0 saturated carbocycles. The van der Waals surface area contributed by atoms with Crippen molar-refractivity contribution in [1.29, 1.82) is 0 Å². The molecule has 0 amide bonds. The van der Waals surface area contributed by atoms with E-state index in [1.807, 2.05) is 48.6 Å². The van der Waals surface area contributed by atoms with E-state index in [0.29, 0.717) is 5.75 Å². The first kappa shape index (κ1) is 15.3. The zero-order chi connectivity index (χ0) is 16.8. The number of para-hydroxylation sites is 1. The van der Waals surface area contributed by atoms with E-state index in [4.69, 9.17) is 4.18 Å². The first-order valence-electron chi connectivity index (χ1n) is 7.18. The van der Waals surface area contributed by atoms with E-state index in [1.165, 1.54) is 0 Å². The number of nitrogens with zero attached hydrogens (tertiary/aromatic N) is 3. The van der Waals surface area contributed by atoms with Crippen LogP contribution in [0.5, 0.6) is 5.75 Å². The van der Waals surface area contributed by atoms with Crippen LogP contribution >= 0.6 is 15.9 Å². The Bertz CT molecular complexity index is 957. The first-order valence-corrected chi connectivity index (χ1v) is 9.34. The second kappa shape index (κ2) is 5.42. The van der Waals surface area contributed by atoms with Gasteiger partial charge in [-0.1, -0.05) is 57.6 Å². The van der Waals surface area contributed by atoms with Crippen LogP contribution in [0.3, 0.4) is 0 Å². The summed E-state index contributed by atoms with van der Waals surface area (Å²) in [7, 11) is -4.03. The van der Waals surface area contributed by atoms with Crippen LogP contribution in [0.15, 0.2) is 69.4 Å². The third-order valence-electron chi connectivity index (χ3n) is 3.98. The molecule has 4 rings (SSSR count). The smallest absolute Gasteiger partial charge is 0.365 e. The van der Waals surface area contributed by atoms with Crippen LogP contribution in [0.25, 0.3) is 6.08 Å². The normalized spacial score (nSPS) is 23.8. The predicted octanol–water partition coefficient (Wildman–Crippen LogP) is 3.68. The van der Waals surface area contributed by atoms with E-state index < -0.39 is 15.8 Å². The fourth-order valence-corrected chi connectivity index (χ4v) is 4.29. The van der Waals surface area contributed by atoms with Gasteiger partial charge in [0.1, 0.15) is 5.54 Å². The van der Waals surface area contributed by atoms with E-state index in [2.05, 4.69) is 26.3 Å². The van der Waals surface area contributed by atoms with Gasteiger partial charge in [-0.2, -0.15) is 13.5 Å². The molecule has 0 fully saturated rings. The maximum Gasteiger partial charge on any atom is 0.427 e. The van der Waals surface area contributed by atoms with Crippen molar-refractivity contribution in [3.63, 3.8) is 0 Å². The van der Waals surface area contributed by atoms with E-state index >= 15 is 0 Å². The maximum atomic E-state index is 12.4. The first-order chi connectivity index (χ1) is 11.5. The van der Waals surface area contributed by atoms with Crippen LogP contribution in [0.2, 0.25) is 0 Å². The zero-order valence-corrected chi connectivity index (χ0v) is 14.7. The summed E-state index contributed by atoms with van der Waals surface area (Å²) in [4.78, 5) is 0. The van der Waals surface area contributed by atoms with Crippen LogP contribution in [0.1, 0.15) is 11.1 Å². The lowest BCUT2D eigenvalue weighted by Gasteiger charge is -2.37. The van der Waals surface area contributed by atoms with Gasteiger partial charge in [-0.25, -0.2) is 0 Å². The summed E-state index contributed by atoms with van der Waals surface area (Å²) in [5.74, 6) is 0.307. The Morgan fingerprint density at radius 1 is 1.17 bits per heavy atom. The largest absolute Gasteiger partial charge is 0.427 e. The molecule has 6 nitrogen and oxygen atoms in total. The van der Waals surface area contributed by atoms with Gasteiger partial charge in [-0.05, 0) is 29.8 Å². The van der Waals surface area contributed by atoms with E-state index in [9.17, 15) is 8.42 Å². The molecule has 0 radical (unpaired) electrons. The monoisotopic (exact) mass is 405 g/mol. The van der Waals surface area contributed by atoms with Crippen LogP contribution in [0, 0.1) is 0 Å². The summed E-state index contributed by atoms with van der Waals surface area (Å²) >= 11 is 3.40. The van der Waals surface area contributed by atoms with Crippen molar-refractivity contribution in [2.45, 2.75) is 5.54 Å². The van der Waals surface area contributed by atoms with Gasteiger partial charge in [0, 0.05) is 10.0 Å². The van der Waals surface area contributed by atoms with Gasteiger partial charge >= 0.3 is 10.3 Å². The third-order valence-corrected chi connectivity index (χ3v) is 5.72. The highest BCUT2D eigenvalue weighted by atomic mass is 79.9. The number of fused-ring (bicyclic) bond motifs is 3. The van der Waals surface area contributed by atoms with Crippen molar-refractivity contribution in [3.8, 4) is 5.75 Å². The lowest BCUT2D eigenvalue weighted by atomic mass is 9.89. The Morgan fingerprint density at radius 2 is 1.92 bits per heavy atom. The van der Waals surface area contributed by atoms with Crippen molar-refractivity contribution >= 4 is 32.3 Å². The summed E-state index contributed by atoms with van der Waals surface area (Å²) in [5, 5.41) is 7.75. The van der Waals surface area contributed by atoms with Crippen LogP contribution in [-0.4, -0.2) is 19.4 Å². The lowest BCUT2D eigenvalue weighted by Crippen LogP contribution is -2.49. The Kier molecular flexibility index (Phi) is 3.47. The average molecular weight is 406 g/mol. The van der Waals surface area contributed by atoms with E-state index in [1.54, 1.807) is 12.1 Å². The minimum Gasteiger partial charge on any atom is -0.365 e.